The predicted octanol–water partition coefficient (Wildman–Crippen LogP) is 2.82. The van der Waals surface area contributed by atoms with Gasteiger partial charge in [0.1, 0.15) is 0 Å². The molecule has 1 aliphatic heterocycles. The van der Waals surface area contributed by atoms with Crippen LogP contribution in [0.2, 0.25) is 0 Å². The van der Waals surface area contributed by atoms with E-state index >= 15 is 0 Å². The number of amides is 2. The van der Waals surface area contributed by atoms with Crippen LogP contribution in [0.15, 0.2) is 18.2 Å². The van der Waals surface area contributed by atoms with E-state index in [1.54, 1.807) is 0 Å². The Morgan fingerprint density at radius 1 is 1.28 bits per heavy atom. The maximum absolute atomic E-state index is 12.6. The number of benzene rings is 1. The fourth-order valence-electron chi connectivity index (χ4n) is 3.12. The first-order valence-electron chi connectivity index (χ1n) is 9.14. The van der Waals surface area contributed by atoms with Gasteiger partial charge in [-0.25, -0.2) is 0 Å². The van der Waals surface area contributed by atoms with E-state index in [4.69, 9.17) is 0 Å². The van der Waals surface area contributed by atoms with Crippen LogP contribution in [-0.4, -0.2) is 54.3 Å². The Morgan fingerprint density at radius 2 is 1.92 bits per heavy atom. The number of likely N-dealkylation sites (N-methyl/N-ethyl adjacent to an activating group) is 1. The van der Waals surface area contributed by atoms with Crippen molar-refractivity contribution in [3.8, 4) is 0 Å². The molecular formula is C20H31N3O2. The molecule has 0 radical (unpaired) electrons. The number of hydrogen-bond acceptors (Lipinski definition) is 3. The molecule has 138 valence electrons. The van der Waals surface area contributed by atoms with E-state index in [2.05, 4.69) is 12.2 Å². The van der Waals surface area contributed by atoms with E-state index in [1.807, 2.05) is 55.8 Å². The minimum absolute atomic E-state index is 0.0943. The summed E-state index contributed by atoms with van der Waals surface area (Å²) in [5.41, 5.74) is 3.06. The van der Waals surface area contributed by atoms with Gasteiger partial charge in [0.25, 0.3) is 0 Å². The number of piperidine rings is 1. The number of hydrogen-bond donors (Lipinski definition) is 1. The lowest BCUT2D eigenvalue weighted by Gasteiger charge is -2.34. The molecule has 1 atom stereocenters. The van der Waals surface area contributed by atoms with Crippen LogP contribution in [0.4, 0.5) is 5.69 Å². The van der Waals surface area contributed by atoms with Crippen LogP contribution < -0.4 is 5.32 Å². The molecule has 0 spiro atoms. The first-order valence-corrected chi connectivity index (χ1v) is 9.14. The Bertz CT molecular complexity index is 621. The third-order valence-electron chi connectivity index (χ3n) is 5.39. The van der Waals surface area contributed by atoms with Crippen molar-refractivity contribution in [2.75, 3.05) is 32.0 Å². The largest absolute Gasteiger partial charge is 0.341 e. The van der Waals surface area contributed by atoms with Gasteiger partial charge in [-0.1, -0.05) is 19.1 Å². The number of nitrogens with zero attached hydrogens (tertiary/aromatic N) is 2. The van der Waals surface area contributed by atoms with Gasteiger partial charge < -0.3 is 10.2 Å². The predicted molar refractivity (Wildman–Crippen MR) is 102 cm³/mol. The zero-order chi connectivity index (χ0) is 18.6. The Labute approximate surface area is 151 Å². The third kappa shape index (κ3) is 5.05. The maximum Gasteiger partial charge on any atom is 0.239 e. The molecular weight excluding hydrogens is 314 g/mol. The van der Waals surface area contributed by atoms with E-state index in [9.17, 15) is 9.59 Å². The molecule has 1 unspecified atom stereocenters. The van der Waals surface area contributed by atoms with Gasteiger partial charge in [0.15, 0.2) is 0 Å². The molecule has 1 aliphatic rings. The summed E-state index contributed by atoms with van der Waals surface area (Å²) in [7, 11) is 1.83. The van der Waals surface area contributed by atoms with Gasteiger partial charge in [-0.05, 0) is 63.8 Å². The Morgan fingerprint density at radius 3 is 2.56 bits per heavy atom. The van der Waals surface area contributed by atoms with E-state index in [0.29, 0.717) is 5.92 Å². The van der Waals surface area contributed by atoms with Gasteiger partial charge in [-0.3, -0.25) is 14.5 Å². The Kier molecular flexibility index (Phi) is 6.59. The molecule has 2 rings (SSSR count). The smallest absolute Gasteiger partial charge is 0.239 e. The zero-order valence-corrected chi connectivity index (χ0v) is 16.1. The summed E-state index contributed by atoms with van der Waals surface area (Å²) in [6, 6.07) is 5.57. The first kappa shape index (κ1) is 19.4. The zero-order valence-electron chi connectivity index (χ0n) is 16.1. The van der Waals surface area contributed by atoms with Crippen LogP contribution in [0, 0.1) is 19.8 Å². The number of aryl methyl sites for hydroxylation is 1. The molecule has 1 N–H and O–H groups in total. The summed E-state index contributed by atoms with van der Waals surface area (Å²) in [5.74, 6) is 0.720. The topological polar surface area (TPSA) is 52.7 Å². The monoisotopic (exact) mass is 345 g/mol. The lowest BCUT2D eigenvalue weighted by molar-refractivity contribution is -0.137. The molecule has 0 aliphatic carbocycles. The van der Waals surface area contributed by atoms with Crippen molar-refractivity contribution >= 4 is 17.5 Å². The average molecular weight is 345 g/mol. The Balaban J connectivity index is 1.89. The SMILES string of the molecule is Cc1cccc(NC(=O)CN(C)C(C)C(=O)N2CCC(C)CC2)c1C. The van der Waals surface area contributed by atoms with E-state index in [1.165, 1.54) is 0 Å². The Hall–Kier alpha value is -1.88. The lowest BCUT2D eigenvalue weighted by Crippen LogP contribution is -2.49. The number of nitrogens with one attached hydrogen (secondary N) is 1. The third-order valence-corrected chi connectivity index (χ3v) is 5.39. The van der Waals surface area contributed by atoms with Crippen LogP contribution in [0.1, 0.15) is 37.8 Å². The molecule has 25 heavy (non-hydrogen) atoms. The van der Waals surface area contributed by atoms with Crippen LogP contribution in [-0.2, 0) is 9.59 Å². The molecule has 1 saturated heterocycles. The highest BCUT2D eigenvalue weighted by atomic mass is 16.2. The van der Waals surface area contributed by atoms with Gasteiger partial charge in [-0.15, -0.1) is 0 Å². The summed E-state index contributed by atoms with van der Waals surface area (Å²) in [4.78, 5) is 28.7. The molecule has 0 aromatic heterocycles. The highest BCUT2D eigenvalue weighted by Crippen LogP contribution is 2.19. The van der Waals surface area contributed by atoms with E-state index in [-0.39, 0.29) is 24.4 Å². The van der Waals surface area contributed by atoms with Gasteiger partial charge in [0.05, 0.1) is 12.6 Å². The average Bonchev–Trinajstić information content (AvgIpc) is 2.58. The van der Waals surface area contributed by atoms with E-state index < -0.39 is 0 Å². The molecule has 2 amide bonds. The minimum atomic E-state index is -0.294. The molecule has 1 aromatic carbocycles. The van der Waals surface area contributed by atoms with Crippen LogP contribution in [0.25, 0.3) is 0 Å². The number of carbonyl (C=O) groups is 2. The van der Waals surface area contributed by atoms with Crippen molar-refractivity contribution in [3.63, 3.8) is 0 Å². The van der Waals surface area contributed by atoms with Gasteiger partial charge in [-0.2, -0.15) is 0 Å². The van der Waals surface area contributed by atoms with Crippen LogP contribution in [0.5, 0.6) is 0 Å². The van der Waals surface area contributed by atoms with E-state index in [0.717, 1.165) is 42.7 Å². The van der Waals surface area contributed by atoms with Crippen molar-refractivity contribution in [2.24, 2.45) is 5.92 Å². The van der Waals surface area contributed by atoms with Crippen molar-refractivity contribution in [3.05, 3.63) is 29.3 Å². The maximum atomic E-state index is 12.6. The highest BCUT2D eigenvalue weighted by molar-refractivity contribution is 5.93. The van der Waals surface area contributed by atoms with Gasteiger partial charge >= 0.3 is 0 Å². The number of likely N-dealkylation sites (tertiary alicyclic amines) is 1. The molecule has 1 aromatic rings. The standard InChI is InChI=1S/C20H31N3O2/c1-14-9-11-23(12-10-14)20(25)17(4)22(5)13-19(24)21-18-8-6-7-15(2)16(18)3/h6-8,14,17H,9-13H2,1-5H3,(H,21,24). The normalized spacial score (nSPS) is 16.8. The molecule has 5 nitrogen and oxygen atoms in total. The fraction of sp³-hybridized carbons (Fsp3) is 0.600. The van der Waals surface area contributed by atoms with Crippen LogP contribution in [0.3, 0.4) is 0 Å². The van der Waals surface area contributed by atoms with Crippen molar-refractivity contribution in [2.45, 2.75) is 46.6 Å². The minimum Gasteiger partial charge on any atom is -0.341 e. The molecule has 1 heterocycles. The molecule has 5 heteroatoms. The summed E-state index contributed by atoms with van der Waals surface area (Å²) in [6.07, 6.45) is 2.13. The second-order valence-corrected chi connectivity index (χ2v) is 7.39. The van der Waals surface area contributed by atoms with Gasteiger partial charge in [0.2, 0.25) is 11.8 Å². The number of rotatable bonds is 5. The second-order valence-electron chi connectivity index (χ2n) is 7.39. The molecule has 1 fully saturated rings. The molecule has 0 saturated carbocycles. The summed E-state index contributed by atoms with van der Waals surface area (Å²) in [6.45, 7) is 9.99. The van der Waals surface area contributed by atoms with Crippen molar-refractivity contribution < 1.29 is 9.59 Å². The summed E-state index contributed by atoms with van der Waals surface area (Å²) in [5, 5.41) is 2.96. The number of anilines is 1. The van der Waals surface area contributed by atoms with Crippen molar-refractivity contribution in [1.29, 1.82) is 0 Å². The van der Waals surface area contributed by atoms with Crippen LogP contribution >= 0.6 is 0 Å². The van der Waals surface area contributed by atoms with Gasteiger partial charge in [0, 0.05) is 18.8 Å². The van der Waals surface area contributed by atoms with Crippen molar-refractivity contribution in [1.82, 2.24) is 9.80 Å². The first-order chi connectivity index (χ1) is 11.8. The quantitative estimate of drug-likeness (QED) is 0.893. The lowest BCUT2D eigenvalue weighted by atomic mass is 9.99. The second kappa shape index (κ2) is 8.48. The fourth-order valence-corrected chi connectivity index (χ4v) is 3.12. The summed E-state index contributed by atoms with van der Waals surface area (Å²) >= 11 is 0. The summed E-state index contributed by atoms with van der Waals surface area (Å²) < 4.78 is 0. The number of carbonyl (C=O) groups excluding carboxylic acids is 2. The molecule has 0 bridgehead atoms. The highest BCUT2D eigenvalue weighted by Gasteiger charge is 2.27.